The molecule has 3 aromatic heterocycles. The van der Waals surface area contributed by atoms with Crippen LogP contribution in [0.25, 0.3) is 33.6 Å². The molecule has 0 amide bonds. The minimum absolute atomic E-state index is 0.0405. The average Bonchev–Trinajstić information content (AvgIpc) is 3.79. The Morgan fingerprint density at radius 2 is 1.76 bits per heavy atom. The first-order chi connectivity index (χ1) is 20.6. The van der Waals surface area contributed by atoms with Gasteiger partial charge >= 0.3 is 0 Å². The van der Waals surface area contributed by atoms with E-state index in [4.69, 9.17) is 0 Å². The number of aromatic amines is 1. The number of unbranched alkanes of at least 4 members (excludes halogenated alkanes) is 1. The molecule has 1 N–H and O–H groups in total. The van der Waals surface area contributed by atoms with Crippen LogP contribution in [-0.2, 0) is 19.4 Å². The Bertz CT molecular complexity index is 1790. The van der Waals surface area contributed by atoms with Crippen molar-refractivity contribution in [2.45, 2.75) is 46.1 Å². The lowest BCUT2D eigenvalue weighted by Gasteiger charge is -2.14. The summed E-state index contributed by atoms with van der Waals surface area (Å²) in [4.78, 5) is 22.5. The minimum Gasteiger partial charge on any atom is -0.321 e. The predicted molar refractivity (Wildman–Crippen MR) is 165 cm³/mol. The zero-order valence-corrected chi connectivity index (χ0v) is 24.4. The van der Waals surface area contributed by atoms with Crippen molar-refractivity contribution in [1.82, 2.24) is 35.2 Å². The first kappa shape index (κ1) is 27.4. The van der Waals surface area contributed by atoms with E-state index in [0.717, 1.165) is 69.2 Å². The Morgan fingerprint density at radius 1 is 0.952 bits per heavy atom. The molecule has 0 spiro atoms. The number of carbonyl (C=O) groups is 1. The quantitative estimate of drug-likeness (QED) is 0.168. The second-order valence-electron chi connectivity index (χ2n) is 10.3. The number of nitrogens with zero attached hydrogens (tertiary/aromatic N) is 6. The van der Waals surface area contributed by atoms with Gasteiger partial charge in [0.2, 0.25) is 5.82 Å². The van der Waals surface area contributed by atoms with E-state index >= 15 is 0 Å². The van der Waals surface area contributed by atoms with Crippen LogP contribution in [0.4, 0.5) is 0 Å². The number of aryl methyl sites for hydroxylation is 2. The zero-order chi connectivity index (χ0) is 28.9. The summed E-state index contributed by atoms with van der Waals surface area (Å²) in [7, 11) is 0. The summed E-state index contributed by atoms with van der Waals surface area (Å²) >= 11 is 1.53. The number of Topliss-reactive ketones (excluding diaryl/α,β-unsaturated/α-hetero) is 1. The second-order valence-corrected chi connectivity index (χ2v) is 11.2. The van der Waals surface area contributed by atoms with E-state index in [9.17, 15) is 4.79 Å². The molecule has 0 aliphatic rings. The molecule has 0 saturated heterocycles. The smallest absolute Gasteiger partial charge is 0.205 e. The molecule has 0 fully saturated rings. The van der Waals surface area contributed by atoms with Gasteiger partial charge in [0, 0.05) is 29.6 Å². The number of hydrogen-bond donors (Lipinski definition) is 1. The number of ketones is 1. The van der Waals surface area contributed by atoms with Gasteiger partial charge in [0.15, 0.2) is 5.78 Å². The average molecular weight is 574 g/mol. The molecule has 0 saturated carbocycles. The van der Waals surface area contributed by atoms with Crippen LogP contribution >= 0.6 is 11.3 Å². The molecule has 3 aromatic carbocycles. The van der Waals surface area contributed by atoms with Crippen LogP contribution in [0.1, 0.15) is 52.3 Å². The third-order valence-electron chi connectivity index (χ3n) is 7.27. The monoisotopic (exact) mass is 573 g/mol. The van der Waals surface area contributed by atoms with Gasteiger partial charge in [-0.05, 0) is 58.5 Å². The molecule has 210 valence electrons. The van der Waals surface area contributed by atoms with Gasteiger partial charge in [-0.2, -0.15) is 5.21 Å². The number of rotatable bonds is 11. The molecule has 6 rings (SSSR count). The minimum atomic E-state index is 0.0405. The van der Waals surface area contributed by atoms with Crippen molar-refractivity contribution >= 4 is 17.1 Å². The summed E-state index contributed by atoms with van der Waals surface area (Å²) in [6.07, 6.45) is 4.93. The highest BCUT2D eigenvalue weighted by molar-refractivity contribution is 7.09. The first-order valence-electron chi connectivity index (χ1n) is 14.1. The number of carbonyl (C=O) groups excluding carboxylic acids is 1. The largest absolute Gasteiger partial charge is 0.321 e. The molecule has 42 heavy (non-hydrogen) atoms. The Labute approximate surface area is 248 Å². The van der Waals surface area contributed by atoms with Crippen molar-refractivity contribution in [3.63, 3.8) is 0 Å². The van der Waals surface area contributed by atoms with Gasteiger partial charge in [-0.25, -0.2) is 9.97 Å². The topological polar surface area (TPSA) is 102 Å². The van der Waals surface area contributed by atoms with Gasteiger partial charge in [0.25, 0.3) is 0 Å². The lowest BCUT2D eigenvalue weighted by molar-refractivity contribution is 0.0984. The van der Waals surface area contributed by atoms with E-state index in [0.29, 0.717) is 18.1 Å². The van der Waals surface area contributed by atoms with Gasteiger partial charge < -0.3 is 4.57 Å². The number of benzene rings is 3. The molecule has 3 heterocycles. The lowest BCUT2D eigenvalue weighted by Crippen LogP contribution is -2.14. The second kappa shape index (κ2) is 12.4. The lowest BCUT2D eigenvalue weighted by atomic mass is 9.93. The van der Waals surface area contributed by atoms with Crippen molar-refractivity contribution in [3.8, 4) is 33.6 Å². The normalized spacial score (nSPS) is 11.2. The molecule has 8 nitrogen and oxygen atoms in total. The highest BCUT2D eigenvalue weighted by Gasteiger charge is 2.19. The van der Waals surface area contributed by atoms with Crippen LogP contribution < -0.4 is 0 Å². The maximum atomic E-state index is 13.3. The summed E-state index contributed by atoms with van der Waals surface area (Å²) in [6, 6.07) is 25.1. The fourth-order valence-electron chi connectivity index (χ4n) is 5.10. The van der Waals surface area contributed by atoms with Crippen LogP contribution in [0.2, 0.25) is 0 Å². The number of nitrogens with one attached hydrogen (secondary N) is 1. The van der Waals surface area contributed by atoms with Crippen LogP contribution in [0, 0.1) is 6.92 Å². The van der Waals surface area contributed by atoms with E-state index in [1.165, 1.54) is 11.3 Å². The third kappa shape index (κ3) is 5.96. The SMILES string of the molecule is CCCCc1ncc(C(=O)Cc2nc(C)cs2)n1Cc1ccc(-c2cc(-c3ccccc3)ccc2-c2nn[nH]n2)cc1. The summed E-state index contributed by atoms with van der Waals surface area (Å²) in [6.45, 7) is 4.68. The van der Waals surface area contributed by atoms with Crippen LogP contribution in [0.15, 0.2) is 84.4 Å². The van der Waals surface area contributed by atoms with Gasteiger partial charge in [-0.1, -0.05) is 74.0 Å². The molecule has 0 unspecified atom stereocenters. The van der Waals surface area contributed by atoms with Crippen LogP contribution in [0.3, 0.4) is 0 Å². The Hall–Kier alpha value is -4.76. The number of thiazole rings is 1. The van der Waals surface area contributed by atoms with E-state index < -0.39 is 0 Å². The van der Waals surface area contributed by atoms with E-state index in [1.807, 2.05) is 36.6 Å². The Morgan fingerprint density at radius 3 is 2.48 bits per heavy atom. The Kier molecular flexibility index (Phi) is 8.09. The predicted octanol–water partition coefficient (Wildman–Crippen LogP) is 6.98. The van der Waals surface area contributed by atoms with Crippen LogP contribution in [-0.4, -0.2) is 40.9 Å². The summed E-state index contributed by atoms with van der Waals surface area (Å²) < 4.78 is 2.08. The first-order valence-corrected chi connectivity index (χ1v) is 15.0. The summed E-state index contributed by atoms with van der Waals surface area (Å²) in [5.41, 5.74) is 7.88. The van der Waals surface area contributed by atoms with Crippen molar-refractivity contribution in [2.75, 3.05) is 0 Å². The number of aromatic nitrogens is 7. The Balaban J connectivity index is 1.31. The number of hydrogen-bond acceptors (Lipinski definition) is 7. The molecule has 0 radical (unpaired) electrons. The summed E-state index contributed by atoms with van der Waals surface area (Å²) in [5, 5.41) is 17.6. The van der Waals surface area contributed by atoms with E-state index in [2.05, 4.69) is 90.6 Å². The molecular formula is C33H31N7OS. The molecule has 6 aromatic rings. The molecule has 0 bridgehead atoms. The van der Waals surface area contributed by atoms with E-state index in [1.54, 1.807) is 6.20 Å². The third-order valence-corrected chi connectivity index (χ3v) is 8.24. The maximum Gasteiger partial charge on any atom is 0.205 e. The van der Waals surface area contributed by atoms with Gasteiger partial charge in [-0.15, -0.1) is 21.5 Å². The molecule has 0 aliphatic carbocycles. The van der Waals surface area contributed by atoms with Gasteiger partial charge in [0.1, 0.15) is 16.5 Å². The number of imidazole rings is 1. The summed E-state index contributed by atoms with van der Waals surface area (Å²) in [5.74, 6) is 1.53. The fraction of sp³-hybridized carbons (Fsp3) is 0.212. The molecule has 0 atom stereocenters. The van der Waals surface area contributed by atoms with Crippen molar-refractivity contribution in [3.05, 3.63) is 112 Å². The van der Waals surface area contributed by atoms with Crippen molar-refractivity contribution in [2.24, 2.45) is 0 Å². The molecule has 9 heteroatoms. The van der Waals surface area contributed by atoms with Gasteiger partial charge in [-0.3, -0.25) is 4.79 Å². The van der Waals surface area contributed by atoms with Crippen molar-refractivity contribution in [1.29, 1.82) is 0 Å². The van der Waals surface area contributed by atoms with Crippen molar-refractivity contribution < 1.29 is 4.79 Å². The maximum absolute atomic E-state index is 13.3. The molecule has 0 aliphatic heterocycles. The fourth-order valence-corrected chi connectivity index (χ4v) is 5.87. The standard InChI is InChI=1S/C33H31N7OS/c1-3-4-10-31-34-19-29(30(41)18-32-35-22(2)21-42-32)40(31)20-23-11-13-25(14-12-23)28-17-26(24-8-6-5-7-9-24)15-16-27(28)33-36-38-39-37-33/h5-9,11-17,19,21H,3-4,10,18,20H2,1-2H3,(H,36,37,38,39). The highest BCUT2D eigenvalue weighted by atomic mass is 32.1. The highest BCUT2D eigenvalue weighted by Crippen LogP contribution is 2.34. The van der Waals surface area contributed by atoms with Crippen LogP contribution in [0.5, 0.6) is 0 Å². The number of H-pyrrole nitrogens is 1. The number of tetrazole rings is 1. The molecular weight excluding hydrogens is 542 g/mol. The van der Waals surface area contributed by atoms with E-state index in [-0.39, 0.29) is 12.2 Å². The van der Waals surface area contributed by atoms with Gasteiger partial charge in [0.05, 0.1) is 12.6 Å². The zero-order valence-electron chi connectivity index (χ0n) is 23.6.